The number of primary sulfonamides is 1. The van der Waals surface area contributed by atoms with Crippen LogP contribution < -0.4 is 5.14 Å². The van der Waals surface area contributed by atoms with Gasteiger partial charge in [-0.3, -0.25) is 0 Å². The molecule has 0 aliphatic heterocycles. The molecule has 0 heterocycles. The highest BCUT2D eigenvalue weighted by Gasteiger charge is 2.41. The van der Waals surface area contributed by atoms with Crippen molar-refractivity contribution >= 4 is 10.0 Å². The Kier molecular flexibility index (Phi) is 1.76. The first-order chi connectivity index (χ1) is 4.43. The van der Waals surface area contributed by atoms with Crippen molar-refractivity contribution in [3.05, 3.63) is 0 Å². The maximum Gasteiger partial charge on any atom is 0.212 e. The minimum Gasteiger partial charge on any atom is -0.228 e. The zero-order valence-electron chi connectivity index (χ0n) is 6.24. The highest BCUT2D eigenvalue weighted by atomic mass is 32.2. The van der Waals surface area contributed by atoms with Gasteiger partial charge >= 0.3 is 0 Å². The van der Waals surface area contributed by atoms with E-state index in [9.17, 15) is 8.42 Å². The monoisotopic (exact) mass is 163 g/mol. The van der Waals surface area contributed by atoms with Crippen LogP contribution in [0.3, 0.4) is 0 Å². The summed E-state index contributed by atoms with van der Waals surface area (Å²) in [7, 11) is -3.25. The van der Waals surface area contributed by atoms with Crippen molar-refractivity contribution in [2.45, 2.75) is 25.5 Å². The number of rotatable bonds is 1. The topological polar surface area (TPSA) is 60.2 Å². The second-order valence-corrected chi connectivity index (χ2v) is 4.98. The van der Waals surface area contributed by atoms with E-state index in [2.05, 4.69) is 0 Å². The number of hydrogen-bond donors (Lipinski definition) is 1. The largest absolute Gasteiger partial charge is 0.228 e. The van der Waals surface area contributed by atoms with Crippen LogP contribution in [0, 0.1) is 11.8 Å². The Morgan fingerprint density at radius 2 is 1.90 bits per heavy atom. The van der Waals surface area contributed by atoms with Crippen molar-refractivity contribution in [3.63, 3.8) is 0 Å². The van der Waals surface area contributed by atoms with E-state index in [1.54, 1.807) is 0 Å². The molecule has 0 radical (unpaired) electrons. The fourth-order valence-corrected chi connectivity index (χ4v) is 2.84. The molecule has 1 fully saturated rings. The van der Waals surface area contributed by atoms with E-state index in [0.29, 0.717) is 5.92 Å². The molecule has 10 heavy (non-hydrogen) atoms. The van der Waals surface area contributed by atoms with Crippen LogP contribution in [-0.4, -0.2) is 13.7 Å². The zero-order valence-corrected chi connectivity index (χ0v) is 7.06. The lowest BCUT2D eigenvalue weighted by Gasteiger charge is -2.38. The molecule has 0 spiro atoms. The third kappa shape index (κ3) is 1.18. The van der Waals surface area contributed by atoms with Gasteiger partial charge in [0.25, 0.3) is 0 Å². The van der Waals surface area contributed by atoms with Gasteiger partial charge in [0.2, 0.25) is 10.0 Å². The Morgan fingerprint density at radius 3 is 2.00 bits per heavy atom. The lowest BCUT2D eigenvalue weighted by atomic mass is 9.76. The van der Waals surface area contributed by atoms with Crippen LogP contribution in [0.2, 0.25) is 0 Å². The van der Waals surface area contributed by atoms with E-state index < -0.39 is 10.0 Å². The molecule has 1 aliphatic carbocycles. The van der Waals surface area contributed by atoms with Crippen molar-refractivity contribution in [1.29, 1.82) is 0 Å². The van der Waals surface area contributed by atoms with Gasteiger partial charge in [0.05, 0.1) is 5.25 Å². The summed E-state index contributed by atoms with van der Waals surface area (Å²) in [6.45, 7) is 3.98. The van der Waals surface area contributed by atoms with E-state index in [1.807, 2.05) is 13.8 Å². The molecule has 0 bridgehead atoms. The first-order valence-electron chi connectivity index (χ1n) is 3.44. The predicted octanol–water partition coefficient (Wildman–Crippen LogP) is 0.319. The van der Waals surface area contributed by atoms with Gasteiger partial charge < -0.3 is 0 Å². The molecule has 60 valence electrons. The Labute approximate surface area is 61.7 Å². The van der Waals surface area contributed by atoms with E-state index in [1.165, 1.54) is 0 Å². The van der Waals surface area contributed by atoms with Gasteiger partial charge in [0.15, 0.2) is 0 Å². The van der Waals surface area contributed by atoms with Crippen LogP contribution in [0.1, 0.15) is 20.3 Å². The van der Waals surface area contributed by atoms with Crippen LogP contribution in [-0.2, 0) is 10.0 Å². The Hall–Kier alpha value is -0.0900. The number of sulfonamides is 1. The van der Waals surface area contributed by atoms with Crippen LogP contribution in [0.4, 0.5) is 0 Å². The van der Waals surface area contributed by atoms with Gasteiger partial charge in [-0.1, -0.05) is 13.8 Å². The smallest absolute Gasteiger partial charge is 0.212 e. The molecular weight excluding hydrogens is 150 g/mol. The molecule has 0 aromatic carbocycles. The lowest BCUT2D eigenvalue weighted by molar-refractivity contribution is 0.223. The maximum absolute atomic E-state index is 10.7. The van der Waals surface area contributed by atoms with E-state index in [0.717, 1.165) is 6.42 Å². The second kappa shape index (κ2) is 2.20. The standard InChI is InChI=1S/C6H13NO2S/c1-4-3-6(5(4)2)10(7,8)9/h4-6H,3H2,1-2H3,(H2,7,8,9). The van der Waals surface area contributed by atoms with Gasteiger partial charge in [-0.05, 0) is 18.3 Å². The average Bonchev–Trinajstić information content (AvgIpc) is 1.79. The fraction of sp³-hybridized carbons (Fsp3) is 1.00. The third-order valence-corrected chi connectivity index (χ3v) is 3.98. The molecule has 0 aromatic rings. The van der Waals surface area contributed by atoms with E-state index in [4.69, 9.17) is 5.14 Å². The van der Waals surface area contributed by atoms with E-state index in [-0.39, 0.29) is 11.2 Å². The molecule has 0 amide bonds. The molecule has 4 heteroatoms. The van der Waals surface area contributed by atoms with E-state index >= 15 is 0 Å². The van der Waals surface area contributed by atoms with Gasteiger partial charge in [-0.2, -0.15) is 0 Å². The average molecular weight is 163 g/mol. The molecule has 1 rings (SSSR count). The minimum absolute atomic E-state index is 0.245. The quantitative estimate of drug-likeness (QED) is 0.605. The van der Waals surface area contributed by atoms with Crippen molar-refractivity contribution in [3.8, 4) is 0 Å². The van der Waals surface area contributed by atoms with Crippen LogP contribution >= 0.6 is 0 Å². The summed E-state index contributed by atoms with van der Waals surface area (Å²) in [4.78, 5) is 0. The summed E-state index contributed by atoms with van der Waals surface area (Å²) in [5.74, 6) is 0.762. The van der Waals surface area contributed by atoms with Crippen molar-refractivity contribution in [1.82, 2.24) is 0 Å². The Morgan fingerprint density at radius 1 is 1.40 bits per heavy atom. The molecule has 1 saturated carbocycles. The summed E-state index contributed by atoms with van der Waals surface area (Å²) >= 11 is 0. The third-order valence-electron chi connectivity index (χ3n) is 2.51. The summed E-state index contributed by atoms with van der Waals surface area (Å²) in [5, 5.41) is 4.69. The first-order valence-corrected chi connectivity index (χ1v) is 5.05. The van der Waals surface area contributed by atoms with Crippen molar-refractivity contribution in [2.24, 2.45) is 17.0 Å². The molecule has 3 atom stereocenters. The molecule has 0 aromatic heterocycles. The molecule has 3 unspecified atom stereocenters. The molecule has 2 N–H and O–H groups in total. The second-order valence-electron chi connectivity index (χ2n) is 3.20. The highest BCUT2D eigenvalue weighted by molar-refractivity contribution is 7.89. The summed E-state index contributed by atoms with van der Waals surface area (Å²) in [5.41, 5.74) is 0. The van der Waals surface area contributed by atoms with Crippen molar-refractivity contribution in [2.75, 3.05) is 0 Å². The highest BCUT2D eigenvalue weighted by Crippen LogP contribution is 2.37. The SMILES string of the molecule is CC1CC(S(N)(=O)=O)C1C. The zero-order chi connectivity index (χ0) is 7.94. The summed E-state index contributed by atoms with van der Waals surface area (Å²) < 4.78 is 21.5. The maximum atomic E-state index is 10.7. The van der Waals surface area contributed by atoms with Gasteiger partial charge in [0.1, 0.15) is 0 Å². The van der Waals surface area contributed by atoms with Crippen LogP contribution in [0.15, 0.2) is 0 Å². The summed E-state index contributed by atoms with van der Waals surface area (Å²) in [6, 6.07) is 0. The first kappa shape index (κ1) is 8.01. The molecule has 0 saturated heterocycles. The van der Waals surface area contributed by atoms with Gasteiger partial charge in [-0.25, -0.2) is 13.6 Å². The normalized spacial score (nSPS) is 40.9. The Bertz CT molecular complexity index is 222. The van der Waals surface area contributed by atoms with Crippen LogP contribution in [0.25, 0.3) is 0 Å². The van der Waals surface area contributed by atoms with Crippen LogP contribution in [0.5, 0.6) is 0 Å². The predicted molar refractivity (Wildman–Crippen MR) is 39.8 cm³/mol. The van der Waals surface area contributed by atoms with Crippen molar-refractivity contribution < 1.29 is 8.42 Å². The molecule has 1 aliphatic rings. The number of hydrogen-bond acceptors (Lipinski definition) is 2. The van der Waals surface area contributed by atoms with Gasteiger partial charge in [-0.15, -0.1) is 0 Å². The lowest BCUT2D eigenvalue weighted by Crippen LogP contribution is -2.46. The number of nitrogens with two attached hydrogens (primary N) is 1. The minimum atomic E-state index is -3.25. The Balaban J connectivity index is 2.65. The summed E-state index contributed by atoms with van der Waals surface area (Å²) in [6.07, 6.45) is 0.736. The molecular formula is C6H13NO2S. The fourth-order valence-electron chi connectivity index (χ4n) is 1.40. The molecule has 3 nitrogen and oxygen atoms in total. The van der Waals surface area contributed by atoms with Gasteiger partial charge in [0, 0.05) is 0 Å².